The van der Waals surface area contributed by atoms with Gasteiger partial charge in [0.15, 0.2) is 0 Å². The highest BCUT2D eigenvalue weighted by Gasteiger charge is 2.19. The molecule has 0 spiro atoms. The number of carbonyl (C=O) groups excluding carboxylic acids is 2. The molecule has 0 radical (unpaired) electrons. The molecule has 0 saturated carbocycles. The van der Waals surface area contributed by atoms with Crippen LogP contribution >= 0.6 is 0 Å². The molecule has 0 unspecified atom stereocenters. The summed E-state index contributed by atoms with van der Waals surface area (Å²) in [5, 5.41) is 0. The molecule has 17 heavy (non-hydrogen) atoms. The van der Waals surface area contributed by atoms with E-state index in [2.05, 4.69) is 4.98 Å². The summed E-state index contributed by atoms with van der Waals surface area (Å²) in [6.07, 6.45) is 1.73. The number of H-pyrrole nitrogens is 1. The van der Waals surface area contributed by atoms with Gasteiger partial charge in [0, 0.05) is 11.9 Å². The Bertz CT molecular complexity index is 409. The number of hydrogen-bond acceptors (Lipinski definition) is 4. The highest BCUT2D eigenvalue weighted by Crippen LogP contribution is 2.15. The summed E-state index contributed by atoms with van der Waals surface area (Å²) in [6.45, 7) is 5.90. The van der Waals surface area contributed by atoms with Gasteiger partial charge in [-0.05, 0) is 26.3 Å². The molecule has 0 atom stereocenters. The number of esters is 2. The third-order valence-electron chi connectivity index (χ3n) is 2.27. The van der Waals surface area contributed by atoms with Gasteiger partial charge in [0.25, 0.3) is 0 Å². The molecule has 0 aliphatic rings. The smallest absolute Gasteiger partial charge is 0.340 e. The standard InChI is InChI=1S/C12H17NO4/c1-4-16-10(14)6-9-11(8(3)7-13-9)12(15)17-5-2/h7,13H,4-6H2,1-3H3. The second-order valence-electron chi connectivity index (χ2n) is 3.53. The molecule has 1 aromatic rings. The number of ether oxygens (including phenoxy) is 2. The summed E-state index contributed by atoms with van der Waals surface area (Å²) in [6, 6.07) is 0. The van der Waals surface area contributed by atoms with Crippen molar-refractivity contribution in [2.75, 3.05) is 13.2 Å². The topological polar surface area (TPSA) is 68.4 Å². The molecule has 0 aromatic carbocycles. The Balaban J connectivity index is 2.86. The van der Waals surface area contributed by atoms with E-state index in [0.717, 1.165) is 5.56 Å². The van der Waals surface area contributed by atoms with Crippen molar-refractivity contribution in [2.45, 2.75) is 27.2 Å². The third kappa shape index (κ3) is 3.34. The molecule has 1 rings (SSSR count). The van der Waals surface area contributed by atoms with Crippen LogP contribution in [0.5, 0.6) is 0 Å². The van der Waals surface area contributed by atoms with Gasteiger partial charge in [-0.3, -0.25) is 4.79 Å². The zero-order valence-corrected chi connectivity index (χ0v) is 10.3. The molecule has 1 aromatic heterocycles. The highest BCUT2D eigenvalue weighted by atomic mass is 16.5. The summed E-state index contributed by atoms with van der Waals surface area (Å²) in [5.41, 5.74) is 1.74. The Morgan fingerprint density at radius 1 is 1.24 bits per heavy atom. The van der Waals surface area contributed by atoms with Gasteiger partial charge >= 0.3 is 11.9 Å². The summed E-state index contributed by atoms with van der Waals surface area (Å²) < 4.78 is 9.78. The van der Waals surface area contributed by atoms with Gasteiger partial charge in [0.1, 0.15) is 0 Å². The first kappa shape index (κ1) is 13.3. The summed E-state index contributed by atoms with van der Waals surface area (Å²) >= 11 is 0. The molecule has 0 saturated heterocycles. The maximum Gasteiger partial charge on any atom is 0.340 e. The molecule has 1 N–H and O–H groups in total. The van der Waals surface area contributed by atoms with Gasteiger partial charge in [-0.1, -0.05) is 0 Å². The fourth-order valence-corrected chi connectivity index (χ4v) is 1.56. The van der Waals surface area contributed by atoms with Crippen LogP contribution in [0.15, 0.2) is 6.20 Å². The number of rotatable bonds is 5. The molecule has 0 bridgehead atoms. The zero-order valence-electron chi connectivity index (χ0n) is 10.3. The Morgan fingerprint density at radius 2 is 1.88 bits per heavy atom. The second-order valence-corrected chi connectivity index (χ2v) is 3.53. The molecular weight excluding hydrogens is 222 g/mol. The lowest BCUT2D eigenvalue weighted by Crippen LogP contribution is -2.13. The number of aryl methyl sites for hydroxylation is 1. The molecule has 0 aliphatic heterocycles. The van der Waals surface area contributed by atoms with Crippen LogP contribution in [0.25, 0.3) is 0 Å². The van der Waals surface area contributed by atoms with E-state index < -0.39 is 5.97 Å². The largest absolute Gasteiger partial charge is 0.466 e. The molecule has 0 aliphatic carbocycles. The number of aromatic nitrogens is 1. The molecule has 0 fully saturated rings. The fourth-order valence-electron chi connectivity index (χ4n) is 1.56. The summed E-state index contributed by atoms with van der Waals surface area (Å²) in [4.78, 5) is 26.0. The zero-order chi connectivity index (χ0) is 12.8. The SMILES string of the molecule is CCOC(=O)Cc1[nH]cc(C)c1C(=O)OCC. The van der Waals surface area contributed by atoms with E-state index >= 15 is 0 Å². The molecular formula is C12H17NO4. The minimum atomic E-state index is -0.412. The van der Waals surface area contributed by atoms with Gasteiger partial charge in [-0.25, -0.2) is 4.79 Å². The first-order chi connectivity index (χ1) is 8.10. The van der Waals surface area contributed by atoms with E-state index in [9.17, 15) is 9.59 Å². The predicted molar refractivity (Wildman–Crippen MR) is 61.8 cm³/mol. The quantitative estimate of drug-likeness (QED) is 0.792. The normalized spacial score (nSPS) is 10.1. The van der Waals surface area contributed by atoms with Gasteiger partial charge < -0.3 is 14.5 Å². The lowest BCUT2D eigenvalue weighted by Gasteiger charge is -2.05. The summed E-state index contributed by atoms with van der Waals surface area (Å²) in [5.74, 6) is -0.773. The lowest BCUT2D eigenvalue weighted by atomic mass is 10.1. The van der Waals surface area contributed by atoms with Crippen LogP contribution in [-0.2, 0) is 20.7 Å². The molecule has 1 heterocycles. The first-order valence-electron chi connectivity index (χ1n) is 5.59. The maximum absolute atomic E-state index is 11.7. The molecule has 94 valence electrons. The molecule has 5 heteroatoms. The van der Waals surface area contributed by atoms with Gasteiger partial charge in [0.05, 0.1) is 25.2 Å². The predicted octanol–water partition coefficient (Wildman–Crippen LogP) is 1.61. The van der Waals surface area contributed by atoms with Crippen molar-refractivity contribution in [1.82, 2.24) is 4.98 Å². The van der Waals surface area contributed by atoms with Crippen LogP contribution < -0.4 is 0 Å². The van der Waals surface area contributed by atoms with Crippen LogP contribution in [0.2, 0.25) is 0 Å². The van der Waals surface area contributed by atoms with Crippen LogP contribution in [0.4, 0.5) is 0 Å². The Morgan fingerprint density at radius 3 is 2.47 bits per heavy atom. The number of carbonyl (C=O) groups is 2. The van der Waals surface area contributed by atoms with Crippen molar-refractivity contribution in [3.05, 3.63) is 23.0 Å². The molecule has 0 amide bonds. The highest BCUT2D eigenvalue weighted by molar-refractivity contribution is 5.93. The summed E-state index contributed by atoms with van der Waals surface area (Å²) in [7, 11) is 0. The minimum absolute atomic E-state index is 0.0514. The van der Waals surface area contributed by atoms with E-state index in [0.29, 0.717) is 24.5 Å². The second kappa shape index (κ2) is 6.08. The fraction of sp³-hybridized carbons (Fsp3) is 0.500. The van der Waals surface area contributed by atoms with Gasteiger partial charge in [0.2, 0.25) is 0 Å². The monoisotopic (exact) mass is 239 g/mol. The number of nitrogens with one attached hydrogen (secondary N) is 1. The van der Waals surface area contributed by atoms with E-state index in [1.54, 1.807) is 27.0 Å². The number of aromatic amines is 1. The lowest BCUT2D eigenvalue weighted by molar-refractivity contribution is -0.142. The van der Waals surface area contributed by atoms with E-state index in [-0.39, 0.29) is 12.4 Å². The minimum Gasteiger partial charge on any atom is -0.466 e. The maximum atomic E-state index is 11.7. The van der Waals surface area contributed by atoms with Crippen LogP contribution in [0.3, 0.4) is 0 Å². The Labute approximate surface area is 100 Å². The van der Waals surface area contributed by atoms with E-state index in [1.165, 1.54) is 0 Å². The average Bonchev–Trinajstić information content (AvgIpc) is 2.60. The Hall–Kier alpha value is -1.78. The van der Waals surface area contributed by atoms with Crippen molar-refractivity contribution in [1.29, 1.82) is 0 Å². The third-order valence-corrected chi connectivity index (χ3v) is 2.27. The molecule has 5 nitrogen and oxygen atoms in total. The van der Waals surface area contributed by atoms with Gasteiger partial charge in [-0.15, -0.1) is 0 Å². The van der Waals surface area contributed by atoms with E-state index in [4.69, 9.17) is 9.47 Å². The first-order valence-corrected chi connectivity index (χ1v) is 5.59. The van der Waals surface area contributed by atoms with Crippen LogP contribution in [0.1, 0.15) is 35.5 Å². The van der Waals surface area contributed by atoms with E-state index in [1.807, 2.05) is 0 Å². The van der Waals surface area contributed by atoms with Crippen molar-refractivity contribution in [3.63, 3.8) is 0 Å². The van der Waals surface area contributed by atoms with Crippen molar-refractivity contribution < 1.29 is 19.1 Å². The van der Waals surface area contributed by atoms with Crippen molar-refractivity contribution >= 4 is 11.9 Å². The van der Waals surface area contributed by atoms with Crippen LogP contribution in [-0.4, -0.2) is 30.1 Å². The Kier molecular flexibility index (Phi) is 4.75. The van der Waals surface area contributed by atoms with Gasteiger partial charge in [-0.2, -0.15) is 0 Å². The van der Waals surface area contributed by atoms with Crippen LogP contribution in [0, 0.1) is 6.92 Å². The van der Waals surface area contributed by atoms with Crippen molar-refractivity contribution in [3.8, 4) is 0 Å². The average molecular weight is 239 g/mol. The van der Waals surface area contributed by atoms with Crippen molar-refractivity contribution in [2.24, 2.45) is 0 Å². The number of hydrogen-bond donors (Lipinski definition) is 1.